The lowest BCUT2D eigenvalue weighted by molar-refractivity contribution is 0.00703. The van der Waals surface area contributed by atoms with Crippen molar-refractivity contribution in [2.24, 2.45) is 5.92 Å². The van der Waals surface area contributed by atoms with Crippen LogP contribution in [0.25, 0.3) is 0 Å². The van der Waals surface area contributed by atoms with E-state index >= 15 is 0 Å². The zero-order valence-electron chi connectivity index (χ0n) is 16.9. The lowest BCUT2D eigenvalue weighted by Crippen LogP contribution is -2.31. The van der Waals surface area contributed by atoms with Crippen molar-refractivity contribution in [3.63, 3.8) is 0 Å². The zero-order valence-corrected chi connectivity index (χ0v) is 16.9. The first-order valence-electron chi connectivity index (χ1n) is 11.1. The molecule has 0 amide bonds. The van der Waals surface area contributed by atoms with E-state index in [9.17, 15) is 0 Å². The van der Waals surface area contributed by atoms with Gasteiger partial charge in [0, 0.05) is 13.0 Å². The van der Waals surface area contributed by atoms with Crippen LogP contribution in [-0.2, 0) is 22.5 Å². The van der Waals surface area contributed by atoms with E-state index in [1.54, 1.807) is 0 Å². The number of likely N-dealkylation sites (tertiary alicyclic amines) is 1. The Kier molecular flexibility index (Phi) is 6.79. The maximum atomic E-state index is 6.00. The molecule has 3 fully saturated rings. The van der Waals surface area contributed by atoms with Crippen LogP contribution in [0.2, 0.25) is 0 Å². The summed E-state index contributed by atoms with van der Waals surface area (Å²) in [5, 5.41) is 4.98. The van der Waals surface area contributed by atoms with Crippen molar-refractivity contribution in [3.8, 4) is 0 Å². The van der Waals surface area contributed by atoms with Gasteiger partial charge in [-0.25, -0.2) is 9.67 Å². The number of rotatable bonds is 7. The van der Waals surface area contributed by atoms with E-state index in [2.05, 4.69) is 16.6 Å². The Balaban J connectivity index is 1.39. The van der Waals surface area contributed by atoms with Crippen molar-refractivity contribution in [3.05, 3.63) is 11.6 Å². The molecular formula is C21H36N4O2. The van der Waals surface area contributed by atoms with Crippen LogP contribution in [-0.4, -0.2) is 59.1 Å². The van der Waals surface area contributed by atoms with Gasteiger partial charge in [0.2, 0.25) is 0 Å². The Morgan fingerprint density at radius 1 is 1.04 bits per heavy atom. The summed E-state index contributed by atoms with van der Waals surface area (Å²) in [4.78, 5) is 7.36. The average molecular weight is 377 g/mol. The van der Waals surface area contributed by atoms with Crippen molar-refractivity contribution in [1.29, 1.82) is 0 Å². The van der Waals surface area contributed by atoms with E-state index in [0.29, 0.717) is 19.3 Å². The molecule has 0 N–H and O–H groups in total. The Bertz CT molecular complexity index is 571. The third kappa shape index (κ3) is 5.30. The monoisotopic (exact) mass is 376 g/mol. The van der Waals surface area contributed by atoms with Crippen molar-refractivity contribution in [2.75, 3.05) is 33.4 Å². The summed E-state index contributed by atoms with van der Waals surface area (Å²) in [6.07, 6.45) is 12.5. The molecule has 2 aliphatic heterocycles. The molecule has 1 aromatic heterocycles. The second-order valence-corrected chi connectivity index (χ2v) is 8.78. The van der Waals surface area contributed by atoms with Gasteiger partial charge in [-0.05, 0) is 64.6 Å². The highest BCUT2D eigenvalue weighted by Crippen LogP contribution is 2.29. The normalized spacial score (nSPS) is 26.0. The Morgan fingerprint density at radius 2 is 1.85 bits per heavy atom. The first kappa shape index (κ1) is 19.3. The molecule has 1 aliphatic carbocycles. The van der Waals surface area contributed by atoms with E-state index in [-0.39, 0.29) is 6.10 Å². The van der Waals surface area contributed by atoms with Crippen LogP contribution in [0.15, 0.2) is 0 Å². The molecule has 3 heterocycles. The molecule has 6 heteroatoms. The maximum Gasteiger partial charge on any atom is 0.153 e. The lowest BCUT2D eigenvalue weighted by Gasteiger charge is -2.28. The van der Waals surface area contributed by atoms with Crippen LogP contribution in [0, 0.1) is 5.92 Å². The maximum absolute atomic E-state index is 6.00. The lowest BCUT2D eigenvalue weighted by atomic mass is 9.94. The molecule has 1 atom stereocenters. The highest BCUT2D eigenvalue weighted by molar-refractivity contribution is 4.97. The van der Waals surface area contributed by atoms with Gasteiger partial charge in [0.1, 0.15) is 6.61 Å². The summed E-state index contributed by atoms with van der Waals surface area (Å²) in [7, 11) is 2.22. The van der Waals surface area contributed by atoms with Gasteiger partial charge < -0.3 is 14.4 Å². The SMILES string of the molecule is CN1CCC(Cc2nc(COC[C@H]3CCCO3)n(C3CCCCC3)n2)CC1. The highest BCUT2D eigenvalue weighted by Gasteiger charge is 2.24. The fourth-order valence-electron chi connectivity index (χ4n) is 4.79. The molecule has 27 heavy (non-hydrogen) atoms. The van der Waals surface area contributed by atoms with Gasteiger partial charge in [-0.3, -0.25) is 0 Å². The molecule has 4 rings (SSSR count). The first-order valence-corrected chi connectivity index (χ1v) is 11.1. The second-order valence-electron chi connectivity index (χ2n) is 8.78. The Hall–Kier alpha value is -0.980. The van der Waals surface area contributed by atoms with Crippen LogP contribution < -0.4 is 0 Å². The summed E-state index contributed by atoms with van der Waals surface area (Å²) in [5.41, 5.74) is 0. The molecule has 1 aromatic rings. The minimum absolute atomic E-state index is 0.273. The molecule has 0 radical (unpaired) electrons. The topological polar surface area (TPSA) is 52.4 Å². The quantitative estimate of drug-likeness (QED) is 0.730. The molecule has 3 aliphatic rings. The van der Waals surface area contributed by atoms with E-state index in [0.717, 1.165) is 43.4 Å². The second kappa shape index (κ2) is 9.48. The van der Waals surface area contributed by atoms with Crippen LogP contribution in [0.1, 0.15) is 75.5 Å². The standard InChI is InChI=1S/C21H36N4O2/c1-24-11-9-17(10-12-24)14-20-22-21(16-26-15-19-8-5-13-27-19)25(23-20)18-6-3-2-4-7-18/h17-19H,2-16H2,1H3/t19-/m1/s1. The molecule has 152 valence electrons. The van der Waals surface area contributed by atoms with Crippen molar-refractivity contribution in [2.45, 2.75) is 83.0 Å². The van der Waals surface area contributed by atoms with Crippen molar-refractivity contribution < 1.29 is 9.47 Å². The minimum Gasteiger partial charge on any atom is -0.376 e. The third-order valence-electron chi connectivity index (χ3n) is 6.53. The number of ether oxygens (including phenoxy) is 2. The first-order chi connectivity index (χ1) is 13.3. The number of piperidine rings is 1. The summed E-state index contributed by atoms with van der Waals surface area (Å²) in [5.74, 6) is 2.79. The van der Waals surface area contributed by atoms with E-state index in [4.69, 9.17) is 19.6 Å². The van der Waals surface area contributed by atoms with Crippen LogP contribution in [0.4, 0.5) is 0 Å². The smallest absolute Gasteiger partial charge is 0.153 e. The van der Waals surface area contributed by atoms with Crippen molar-refractivity contribution >= 4 is 0 Å². The van der Waals surface area contributed by atoms with Gasteiger partial charge >= 0.3 is 0 Å². The molecule has 0 bridgehead atoms. The number of hydrogen-bond acceptors (Lipinski definition) is 5. The Labute approximate surface area is 163 Å². The van der Waals surface area contributed by atoms with E-state index in [1.165, 1.54) is 58.0 Å². The van der Waals surface area contributed by atoms with Crippen LogP contribution in [0.3, 0.4) is 0 Å². The van der Waals surface area contributed by atoms with Gasteiger partial charge in [-0.2, -0.15) is 5.10 Å². The predicted octanol–water partition coefficient (Wildman–Crippen LogP) is 3.36. The van der Waals surface area contributed by atoms with Crippen molar-refractivity contribution in [1.82, 2.24) is 19.7 Å². The number of nitrogens with zero attached hydrogens (tertiary/aromatic N) is 4. The summed E-state index contributed by atoms with van der Waals surface area (Å²) in [6, 6.07) is 0.513. The minimum atomic E-state index is 0.273. The predicted molar refractivity (Wildman–Crippen MR) is 105 cm³/mol. The molecule has 0 aromatic carbocycles. The largest absolute Gasteiger partial charge is 0.376 e. The number of aromatic nitrogens is 3. The summed E-state index contributed by atoms with van der Waals surface area (Å²) in [6.45, 7) is 4.53. The fraction of sp³-hybridized carbons (Fsp3) is 0.905. The molecule has 1 saturated carbocycles. The Morgan fingerprint density at radius 3 is 2.59 bits per heavy atom. The van der Waals surface area contributed by atoms with E-state index in [1.807, 2.05) is 0 Å². The van der Waals surface area contributed by atoms with Gasteiger partial charge in [-0.15, -0.1) is 0 Å². The molecule has 0 unspecified atom stereocenters. The average Bonchev–Trinajstić information content (AvgIpc) is 3.35. The zero-order chi connectivity index (χ0) is 18.5. The fourth-order valence-corrected chi connectivity index (χ4v) is 4.79. The summed E-state index contributed by atoms with van der Waals surface area (Å²) >= 11 is 0. The summed E-state index contributed by atoms with van der Waals surface area (Å²) < 4.78 is 13.9. The highest BCUT2D eigenvalue weighted by atomic mass is 16.5. The van der Waals surface area contributed by atoms with Crippen LogP contribution in [0.5, 0.6) is 0 Å². The molecule has 2 saturated heterocycles. The van der Waals surface area contributed by atoms with Gasteiger partial charge in [-0.1, -0.05) is 19.3 Å². The van der Waals surface area contributed by atoms with Gasteiger partial charge in [0.15, 0.2) is 11.6 Å². The number of hydrogen-bond donors (Lipinski definition) is 0. The molecule has 6 nitrogen and oxygen atoms in total. The van der Waals surface area contributed by atoms with Crippen LogP contribution >= 0.6 is 0 Å². The third-order valence-corrected chi connectivity index (χ3v) is 6.53. The van der Waals surface area contributed by atoms with Gasteiger partial charge in [0.25, 0.3) is 0 Å². The molecule has 0 spiro atoms. The molecular weight excluding hydrogens is 340 g/mol. The van der Waals surface area contributed by atoms with E-state index < -0.39 is 0 Å². The van der Waals surface area contributed by atoms with Gasteiger partial charge in [0.05, 0.1) is 18.8 Å².